The highest BCUT2D eigenvalue weighted by molar-refractivity contribution is 6.33. The Hall–Kier alpha value is -2.88. The van der Waals surface area contributed by atoms with Crippen molar-refractivity contribution in [2.24, 2.45) is 5.92 Å². The lowest BCUT2D eigenvalue weighted by atomic mass is 9.86. The van der Waals surface area contributed by atoms with Gasteiger partial charge in [0.15, 0.2) is 5.82 Å². The van der Waals surface area contributed by atoms with E-state index in [4.69, 9.17) is 11.6 Å². The molecule has 0 bridgehead atoms. The number of carbonyl (C=O) groups is 1. The predicted octanol–water partition coefficient (Wildman–Crippen LogP) is 4.47. The molecule has 1 aliphatic rings. The molecule has 2 heterocycles. The van der Waals surface area contributed by atoms with Gasteiger partial charge in [0, 0.05) is 28.1 Å². The minimum Gasteiger partial charge on any atom is -0.311 e. The number of nitrogens with zero attached hydrogens (tertiary/aromatic N) is 2. The minimum absolute atomic E-state index is 0.0312. The van der Waals surface area contributed by atoms with Crippen LogP contribution in [0.1, 0.15) is 32.3 Å². The van der Waals surface area contributed by atoms with Gasteiger partial charge in [-0.1, -0.05) is 17.7 Å². The number of fused-ring (bicyclic) bond motifs is 1. The molecule has 1 aliphatic heterocycles. The summed E-state index contributed by atoms with van der Waals surface area (Å²) in [5, 5.41) is 24.2. The molecule has 2 aromatic carbocycles. The Labute approximate surface area is 174 Å². The Balaban J connectivity index is 1.61. The van der Waals surface area contributed by atoms with Gasteiger partial charge in [-0.2, -0.15) is 10.4 Å². The van der Waals surface area contributed by atoms with Crippen LogP contribution in [0, 0.1) is 17.2 Å². The number of aromatic nitrogens is 2. The van der Waals surface area contributed by atoms with Crippen molar-refractivity contribution in [1.29, 1.82) is 5.26 Å². The maximum Gasteiger partial charge on any atom is 0.229 e. The van der Waals surface area contributed by atoms with Crippen LogP contribution in [0.2, 0.25) is 5.02 Å². The second kappa shape index (κ2) is 7.51. The van der Waals surface area contributed by atoms with E-state index in [2.05, 4.69) is 40.7 Å². The third-order valence-corrected chi connectivity index (χ3v) is 5.86. The summed E-state index contributed by atoms with van der Waals surface area (Å²) in [5.41, 5.74) is 3.06. The van der Waals surface area contributed by atoms with Crippen molar-refractivity contribution in [3.63, 3.8) is 0 Å². The molecule has 1 unspecified atom stereocenters. The Kier molecular flexibility index (Phi) is 5.03. The van der Waals surface area contributed by atoms with E-state index < -0.39 is 0 Å². The molecule has 0 aliphatic carbocycles. The molecule has 1 fully saturated rings. The molecule has 7 heteroatoms. The first-order valence-corrected chi connectivity index (χ1v) is 9.98. The number of hydrogen-bond donors (Lipinski definition) is 3. The van der Waals surface area contributed by atoms with E-state index in [0.29, 0.717) is 22.9 Å². The molecular weight excluding hydrogens is 386 g/mol. The number of piperidine rings is 1. The van der Waals surface area contributed by atoms with Crippen LogP contribution in [0.15, 0.2) is 36.4 Å². The Bertz CT molecular complexity index is 1120. The third kappa shape index (κ3) is 3.98. The minimum atomic E-state index is -0.0836. The molecule has 1 saturated heterocycles. The van der Waals surface area contributed by atoms with Crippen molar-refractivity contribution in [2.75, 3.05) is 11.9 Å². The van der Waals surface area contributed by atoms with Crippen LogP contribution in [-0.4, -0.2) is 28.2 Å². The Morgan fingerprint density at radius 3 is 2.86 bits per heavy atom. The molecule has 4 rings (SSSR count). The van der Waals surface area contributed by atoms with E-state index >= 15 is 0 Å². The van der Waals surface area contributed by atoms with Gasteiger partial charge >= 0.3 is 0 Å². The van der Waals surface area contributed by atoms with Crippen molar-refractivity contribution in [3.05, 3.63) is 47.0 Å². The summed E-state index contributed by atoms with van der Waals surface area (Å²) in [6.45, 7) is 4.95. The summed E-state index contributed by atoms with van der Waals surface area (Å²) in [6.07, 6.45) is 1.79. The number of hydrogen-bond acceptors (Lipinski definition) is 4. The monoisotopic (exact) mass is 407 g/mol. The van der Waals surface area contributed by atoms with Crippen LogP contribution in [0.4, 0.5) is 5.82 Å². The first-order valence-electron chi connectivity index (χ1n) is 9.60. The van der Waals surface area contributed by atoms with Gasteiger partial charge in [-0.05, 0) is 62.6 Å². The lowest BCUT2D eigenvalue weighted by molar-refractivity contribution is -0.120. The van der Waals surface area contributed by atoms with Crippen LogP contribution in [0.3, 0.4) is 0 Å². The third-order valence-electron chi connectivity index (χ3n) is 5.53. The molecule has 0 radical (unpaired) electrons. The molecule has 1 amide bonds. The van der Waals surface area contributed by atoms with Gasteiger partial charge in [-0.3, -0.25) is 9.89 Å². The summed E-state index contributed by atoms with van der Waals surface area (Å²) >= 11 is 6.35. The summed E-state index contributed by atoms with van der Waals surface area (Å²) in [6, 6.07) is 13.0. The fourth-order valence-electron chi connectivity index (χ4n) is 3.66. The zero-order valence-corrected chi connectivity index (χ0v) is 17.1. The van der Waals surface area contributed by atoms with E-state index in [1.165, 1.54) is 0 Å². The molecule has 3 N–H and O–H groups in total. The summed E-state index contributed by atoms with van der Waals surface area (Å²) in [7, 11) is 0. The van der Waals surface area contributed by atoms with Crippen LogP contribution in [-0.2, 0) is 4.79 Å². The maximum absolute atomic E-state index is 12.8. The van der Waals surface area contributed by atoms with E-state index in [1.807, 2.05) is 18.2 Å². The standard InChI is InChI=1S/C22H22ClN5O/c1-22(2)8-7-15(12-25-22)21(29)26-20-17-10-14(4-6-19(17)27-28-20)16-9-13(11-24)3-5-18(16)23/h3-6,9-10,15,25H,7-8,12H2,1-2H3,(H2,26,27,28,29). The molecule has 1 atom stereocenters. The van der Waals surface area contributed by atoms with Gasteiger partial charge in [-0.25, -0.2) is 0 Å². The smallest absolute Gasteiger partial charge is 0.229 e. The van der Waals surface area contributed by atoms with Gasteiger partial charge in [0.05, 0.1) is 23.1 Å². The SMILES string of the molecule is CC1(C)CCC(C(=O)Nc2n[nH]c3ccc(-c4cc(C#N)ccc4Cl)cc23)CN1. The lowest BCUT2D eigenvalue weighted by Gasteiger charge is -2.35. The van der Waals surface area contributed by atoms with E-state index in [-0.39, 0.29) is 17.4 Å². The van der Waals surface area contributed by atoms with Crippen molar-refractivity contribution in [2.45, 2.75) is 32.2 Å². The Morgan fingerprint density at radius 2 is 2.14 bits per heavy atom. The number of amides is 1. The molecule has 0 spiro atoms. The second-order valence-corrected chi connectivity index (χ2v) is 8.54. The van der Waals surface area contributed by atoms with E-state index in [0.717, 1.165) is 34.9 Å². The number of benzene rings is 2. The highest BCUT2D eigenvalue weighted by Gasteiger charge is 2.30. The van der Waals surface area contributed by atoms with Crippen LogP contribution >= 0.6 is 11.6 Å². The zero-order valence-electron chi connectivity index (χ0n) is 16.3. The molecule has 29 heavy (non-hydrogen) atoms. The van der Waals surface area contributed by atoms with Crippen molar-refractivity contribution >= 4 is 34.2 Å². The van der Waals surface area contributed by atoms with E-state index in [1.54, 1.807) is 18.2 Å². The van der Waals surface area contributed by atoms with Crippen LogP contribution in [0.5, 0.6) is 0 Å². The molecule has 0 saturated carbocycles. The molecular formula is C22H22ClN5O. The van der Waals surface area contributed by atoms with Crippen molar-refractivity contribution < 1.29 is 4.79 Å². The summed E-state index contributed by atoms with van der Waals surface area (Å²) in [5.74, 6) is 0.389. The average molecular weight is 408 g/mol. The molecule has 3 aromatic rings. The molecule has 6 nitrogen and oxygen atoms in total. The van der Waals surface area contributed by atoms with Gasteiger partial charge in [0.1, 0.15) is 0 Å². The van der Waals surface area contributed by atoms with Gasteiger partial charge in [0.2, 0.25) is 5.91 Å². The quantitative estimate of drug-likeness (QED) is 0.597. The van der Waals surface area contributed by atoms with Gasteiger partial charge in [-0.15, -0.1) is 0 Å². The molecule has 148 valence electrons. The van der Waals surface area contributed by atoms with Crippen molar-refractivity contribution in [1.82, 2.24) is 15.5 Å². The first-order chi connectivity index (χ1) is 13.9. The highest BCUT2D eigenvalue weighted by atomic mass is 35.5. The number of anilines is 1. The van der Waals surface area contributed by atoms with Crippen LogP contribution in [0.25, 0.3) is 22.0 Å². The largest absolute Gasteiger partial charge is 0.311 e. The molecule has 1 aromatic heterocycles. The zero-order chi connectivity index (χ0) is 20.6. The first kappa shape index (κ1) is 19.4. The van der Waals surface area contributed by atoms with Crippen LogP contribution < -0.4 is 10.6 Å². The highest BCUT2D eigenvalue weighted by Crippen LogP contribution is 2.33. The fourth-order valence-corrected chi connectivity index (χ4v) is 3.89. The number of halogens is 1. The number of rotatable bonds is 3. The maximum atomic E-state index is 12.8. The van der Waals surface area contributed by atoms with Gasteiger partial charge in [0.25, 0.3) is 0 Å². The normalized spacial score (nSPS) is 18.3. The number of nitriles is 1. The lowest BCUT2D eigenvalue weighted by Crippen LogP contribution is -2.49. The van der Waals surface area contributed by atoms with Crippen molar-refractivity contribution in [3.8, 4) is 17.2 Å². The average Bonchev–Trinajstić information content (AvgIpc) is 3.10. The fraction of sp³-hybridized carbons (Fsp3) is 0.318. The topological polar surface area (TPSA) is 93.6 Å². The number of aromatic amines is 1. The number of nitrogens with one attached hydrogen (secondary N) is 3. The Morgan fingerprint density at radius 1 is 1.31 bits per heavy atom. The number of H-pyrrole nitrogens is 1. The predicted molar refractivity (Wildman–Crippen MR) is 115 cm³/mol. The second-order valence-electron chi connectivity index (χ2n) is 8.13. The number of carbonyl (C=O) groups excluding carboxylic acids is 1. The van der Waals surface area contributed by atoms with E-state index in [9.17, 15) is 10.1 Å². The summed E-state index contributed by atoms with van der Waals surface area (Å²) < 4.78 is 0. The summed E-state index contributed by atoms with van der Waals surface area (Å²) in [4.78, 5) is 12.8. The van der Waals surface area contributed by atoms with Gasteiger partial charge < -0.3 is 10.6 Å².